The van der Waals surface area contributed by atoms with Crippen LogP contribution in [0.5, 0.6) is 0 Å². The number of hydrogen-bond donors (Lipinski definition) is 1. The molecule has 0 radical (unpaired) electrons. The molecule has 1 fully saturated rings. The lowest BCUT2D eigenvalue weighted by Crippen LogP contribution is -2.51. The lowest BCUT2D eigenvalue weighted by atomic mass is 10.0. The molecule has 0 aromatic heterocycles. The normalized spacial score (nSPS) is 23.2. The van der Waals surface area contributed by atoms with E-state index in [1.165, 1.54) is 6.07 Å². The van der Waals surface area contributed by atoms with Crippen molar-refractivity contribution in [3.63, 3.8) is 0 Å². The molecule has 0 amide bonds. The summed E-state index contributed by atoms with van der Waals surface area (Å²) in [5, 5.41) is 0. The molecule has 0 saturated carbocycles. The molecule has 1 aliphatic heterocycles. The van der Waals surface area contributed by atoms with Crippen LogP contribution in [0, 0.1) is 5.82 Å². The molecule has 100 valence electrons. The fraction of sp³-hybridized carbons (Fsp3) is 0.571. The van der Waals surface area contributed by atoms with Gasteiger partial charge in [-0.3, -0.25) is 0 Å². The van der Waals surface area contributed by atoms with Gasteiger partial charge in [-0.05, 0) is 32.5 Å². The van der Waals surface area contributed by atoms with Crippen LogP contribution in [0.1, 0.15) is 25.5 Å². The molecule has 2 unspecified atom stereocenters. The Hall–Kier alpha value is -1.13. The predicted octanol–water partition coefficient (Wildman–Crippen LogP) is 1.99. The zero-order chi connectivity index (χ0) is 13.3. The number of likely N-dealkylation sites (N-methyl/N-ethyl adjacent to an activating group) is 1. The Morgan fingerprint density at radius 1 is 1.39 bits per heavy atom. The molecule has 0 spiro atoms. The summed E-state index contributed by atoms with van der Waals surface area (Å²) in [6.07, 6.45) is 0. The largest absolute Gasteiger partial charge is 0.364 e. The van der Waals surface area contributed by atoms with Crippen LogP contribution in [0.2, 0.25) is 0 Å². The smallest absolute Gasteiger partial charge is 0.146 e. The summed E-state index contributed by atoms with van der Waals surface area (Å²) in [5.74, 6) is -0.166. The van der Waals surface area contributed by atoms with E-state index in [0.717, 1.165) is 25.2 Å². The van der Waals surface area contributed by atoms with Crippen LogP contribution < -0.4 is 10.6 Å². The molecule has 0 aliphatic carbocycles. The van der Waals surface area contributed by atoms with Crippen LogP contribution in [0.4, 0.5) is 10.1 Å². The van der Waals surface area contributed by atoms with Gasteiger partial charge in [0.2, 0.25) is 0 Å². The van der Waals surface area contributed by atoms with Crippen molar-refractivity contribution in [3.05, 3.63) is 29.6 Å². The molecule has 2 atom stereocenters. The Kier molecular flexibility index (Phi) is 3.88. The summed E-state index contributed by atoms with van der Waals surface area (Å²) in [5.41, 5.74) is 7.54. The maximum Gasteiger partial charge on any atom is 0.146 e. The molecule has 2 rings (SSSR count). The molecular formula is C14H22FN3. The first kappa shape index (κ1) is 13.3. The average Bonchev–Trinajstić information content (AvgIpc) is 2.29. The molecular weight excluding hydrogens is 229 g/mol. The number of para-hydroxylation sites is 1. The monoisotopic (exact) mass is 251 g/mol. The third-order valence-electron chi connectivity index (χ3n) is 3.63. The van der Waals surface area contributed by atoms with Crippen molar-refractivity contribution in [2.45, 2.75) is 25.9 Å². The minimum absolute atomic E-state index is 0.150. The van der Waals surface area contributed by atoms with Crippen molar-refractivity contribution in [2.24, 2.45) is 5.73 Å². The quantitative estimate of drug-likeness (QED) is 0.872. The standard InChI is InChI=1S/C14H22FN3/c1-10-9-17(3)7-8-18(10)14-12(11(2)16)5-4-6-13(14)15/h4-6,10-11H,7-9,16H2,1-3H3. The van der Waals surface area contributed by atoms with Crippen molar-refractivity contribution in [1.29, 1.82) is 0 Å². The Morgan fingerprint density at radius 3 is 2.72 bits per heavy atom. The first-order chi connectivity index (χ1) is 8.50. The summed E-state index contributed by atoms with van der Waals surface area (Å²) < 4.78 is 14.2. The van der Waals surface area contributed by atoms with Gasteiger partial charge in [-0.15, -0.1) is 0 Å². The van der Waals surface area contributed by atoms with Gasteiger partial charge in [0.1, 0.15) is 5.82 Å². The molecule has 4 heteroatoms. The second kappa shape index (κ2) is 5.24. The molecule has 1 saturated heterocycles. The van der Waals surface area contributed by atoms with Gasteiger partial charge in [0.05, 0.1) is 5.69 Å². The van der Waals surface area contributed by atoms with Crippen LogP contribution >= 0.6 is 0 Å². The fourth-order valence-electron chi connectivity index (χ4n) is 2.67. The van der Waals surface area contributed by atoms with E-state index in [1.54, 1.807) is 6.07 Å². The minimum Gasteiger partial charge on any atom is -0.364 e. The number of benzene rings is 1. The van der Waals surface area contributed by atoms with E-state index < -0.39 is 0 Å². The first-order valence-electron chi connectivity index (χ1n) is 6.50. The zero-order valence-electron chi connectivity index (χ0n) is 11.4. The summed E-state index contributed by atoms with van der Waals surface area (Å²) in [7, 11) is 2.10. The van der Waals surface area contributed by atoms with Crippen molar-refractivity contribution in [2.75, 3.05) is 31.6 Å². The van der Waals surface area contributed by atoms with Gasteiger partial charge in [0, 0.05) is 31.7 Å². The van der Waals surface area contributed by atoms with Crippen LogP contribution in [0.15, 0.2) is 18.2 Å². The Morgan fingerprint density at radius 2 is 2.11 bits per heavy atom. The topological polar surface area (TPSA) is 32.5 Å². The van der Waals surface area contributed by atoms with E-state index in [4.69, 9.17) is 5.73 Å². The maximum atomic E-state index is 14.2. The Balaban J connectivity index is 2.38. The number of nitrogens with two attached hydrogens (primary N) is 1. The number of nitrogens with zero attached hydrogens (tertiary/aromatic N) is 2. The van der Waals surface area contributed by atoms with Gasteiger partial charge >= 0.3 is 0 Å². The van der Waals surface area contributed by atoms with E-state index in [0.29, 0.717) is 11.7 Å². The number of piperazine rings is 1. The second-order valence-corrected chi connectivity index (χ2v) is 5.27. The summed E-state index contributed by atoms with van der Waals surface area (Å²) in [6, 6.07) is 5.33. The number of hydrogen-bond acceptors (Lipinski definition) is 3. The first-order valence-corrected chi connectivity index (χ1v) is 6.50. The number of halogens is 1. The van der Waals surface area contributed by atoms with Crippen LogP contribution in [-0.2, 0) is 0 Å². The van der Waals surface area contributed by atoms with E-state index >= 15 is 0 Å². The van der Waals surface area contributed by atoms with Gasteiger partial charge in [0.15, 0.2) is 0 Å². The van der Waals surface area contributed by atoms with Gasteiger partial charge in [0.25, 0.3) is 0 Å². The predicted molar refractivity (Wildman–Crippen MR) is 73.3 cm³/mol. The van der Waals surface area contributed by atoms with Gasteiger partial charge in [-0.2, -0.15) is 0 Å². The molecule has 1 heterocycles. The van der Waals surface area contributed by atoms with E-state index in [-0.39, 0.29) is 11.9 Å². The third-order valence-corrected chi connectivity index (χ3v) is 3.63. The SMILES string of the molecule is CC(N)c1cccc(F)c1N1CCN(C)CC1C. The lowest BCUT2D eigenvalue weighted by Gasteiger charge is -2.41. The van der Waals surface area contributed by atoms with Gasteiger partial charge in [-0.1, -0.05) is 12.1 Å². The van der Waals surface area contributed by atoms with Crippen LogP contribution in [-0.4, -0.2) is 37.6 Å². The van der Waals surface area contributed by atoms with E-state index in [2.05, 4.69) is 23.8 Å². The highest BCUT2D eigenvalue weighted by Crippen LogP contribution is 2.30. The molecule has 18 heavy (non-hydrogen) atoms. The fourth-order valence-corrected chi connectivity index (χ4v) is 2.67. The molecule has 0 bridgehead atoms. The van der Waals surface area contributed by atoms with Crippen molar-refractivity contribution in [3.8, 4) is 0 Å². The maximum absolute atomic E-state index is 14.2. The summed E-state index contributed by atoms with van der Waals surface area (Å²) >= 11 is 0. The summed E-state index contributed by atoms with van der Waals surface area (Å²) in [4.78, 5) is 4.42. The van der Waals surface area contributed by atoms with E-state index in [1.807, 2.05) is 13.0 Å². The lowest BCUT2D eigenvalue weighted by molar-refractivity contribution is 0.274. The molecule has 1 aliphatic rings. The minimum atomic E-state index is -0.166. The second-order valence-electron chi connectivity index (χ2n) is 5.27. The van der Waals surface area contributed by atoms with Crippen molar-refractivity contribution < 1.29 is 4.39 Å². The Labute approximate surface area is 108 Å². The van der Waals surface area contributed by atoms with Gasteiger partial charge in [-0.25, -0.2) is 4.39 Å². The number of rotatable bonds is 2. The Bertz CT molecular complexity index is 420. The third kappa shape index (κ3) is 2.49. The number of anilines is 1. The molecule has 3 nitrogen and oxygen atoms in total. The average molecular weight is 251 g/mol. The molecule has 2 N–H and O–H groups in total. The van der Waals surface area contributed by atoms with Crippen LogP contribution in [0.25, 0.3) is 0 Å². The zero-order valence-corrected chi connectivity index (χ0v) is 11.4. The summed E-state index contributed by atoms with van der Waals surface area (Å²) in [6.45, 7) is 6.79. The molecule has 1 aromatic rings. The van der Waals surface area contributed by atoms with Gasteiger partial charge < -0.3 is 15.5 Å². The molecule has 1 aromatic carbocycles. The highest BCUT2D eigenvalue weighted by atomic mass is 19.1. The highest BCUT2D eigenvalue weighted by Gasteiger charge is 2.26. The van der Waals surface area contributed by atoms with Crippen molar-refractivity contribution >= 4 is 5.69 Å². The van der Waals surface area contributed by atoms with E-state index in [9.17, 15) is 4.39 Å². The van der Waals surface area contributed by atoms with Crippen LogP contribution in [0.3, 0.4) is 0 Å². The highest BCUT2D eigenvalue weighted by molar-refractivity contribution is 5.57. The van der Waals surface area contributed by atoms with Crippen molar-refractivity contribution in [1.82, 2.24) is 4.90 Å².